The monoisotopic (exact) mass is 381 g/mol. The first kappa shape index (κ1) is 18.3. The van der Waals surface area contributed by atoms with Gasteiger partial charge in [0, 0.05) is 44.4 Å². The summed E-state index contributed by atoms with van der Waals surface area (Å²) in [7, 11) is 0. The van der Waals surface area contributed by atoms with Crippen LogP contribution in [-0.4, -0.2) is 62.7 Å². The van der Waals surface area contributed by atoms with Crippen LogP contribution in [0.3, 0.4) is 0 Å². The van der Waals surface area contributed by atoms with Gasteiger partial charge in [0.25, 0.3) is 0 Å². The van der Waals surface area contributed by atoms with Crippen molar-refractivity contribution in [3.8, 4) is 11.6 Å². The number of pyridine rings is 1. The fourth-order valence-corrected chi connectivity index (χ4v) is 3.72. The lowest BCUT2D eigenvalue weighted by atomic mass is 9.95. The van der Waals surface area contributed by atoms with Gasteiger partial charge in [0.1, 0.15) is 5.75 Å². The third-order valence-corrected chi connectivity index (χ3v) is 5.18. The lowest BCUT2D eigenvalue weighted by molar-refractivity contribution is -0.139. The summed E-state index contributed by atoms with van der Waals surface area (Å²) in [6, 6.07) is 3.60. The molecular weight excluding hydrogens is 358 g/mol. The number of piperidine rings is 1. The van der Waals surface area contributed by atoms with Crippen LogP contribution in [0.15, 0.2) is 36.9 Å². The highest BCUT2D eigenvalue weighted by atomic mass is 16.5. The van der Waals surface area contributed by atoms with E-state index in [4.69, 9.17) is 4.74 Å². The summed E-state index contributed by atoms with van der Waals surface area (Å²) < 4.78 is 5.72. The molecule has 0 radical (unpaired) electrons. The molecule has 0 spiro atoms. The Morgan fingerprint density at radius 2 is 2.11 bits per heavy atom. The van der Waals surface area contributed by atoms with Gasteiger partial charge in [-0.2, -0.15) is 0 Å². The van der Waals surface area contributed by atoms with Gasteiger partial charge in [0.05, 0.1) is 24.6 Å². The van der Waals surface area contributed by atoms with Crippen molar-refractivity contribution in [2.24, 2.45) is 0 Å². The minimum absolute atomic E-state index is 0.00988. The Kier molecular flexibility index (Phi) is 5.45. The van der Waals surface area contributed by atoms with Crippen molar-refractivity contribution < 1.29 is 14.3 Å². The fourth-order valence-electron chi connectivity index (χ4n) is 3.72. The van der Waals surface area contributed by atoms with Crippen molar-refractivity contribution in [3.05, 3.63) is 42.6 Å². The third-order valence-electron chi connectivity index (χ3n) is 5.18. The van der Waals surface area contributed by atoms with Crippen LogP contribution in [0, 0.1) is 0 Å². The Balaban J connectivity index is 1.40. The van der Waals surface area contributed by atoms with Crippen LogP contribution in [0.5, 0.6) is 11.6 Å². The van der Waals surface area contributed by atoms with Crippen LogP contribution < -0.4 is 4.74 Å². The number of carbonyl (C=O) groups excluding carboxylic acids is 2. The van der Waals surface area contributed by atoms with E-state index in [0.717, 1.165) is 31.5 Å². The number of aromatic nitrogens is 3. The molecule has 2 fully saturated rings. The van der Waals surface area contributed by atoms with Crippen LogP contribution in [0.1, 0.15) is 37.3 Å². The molecule has 2 aliphatic heterocycles. The van der Waals surface area contributed by atoms with Gasteiger partial charge >= 0.3 is 0 Å². The number of nitrogens with zero attached hydrogens (tertiary/aromatic N) is 5. The predicted molar refractivity (Wildman–Crippen MR) is 101 cm³/mol. The quantitative estimate of drug-likeness (QED) is 0.787. The molecule has 2 aromatic heterocycles. The number of likely N-dealkylation sites (tertiary alicyclic amines) is 2. The SMILES string of the molecule is O=C1CCCN1CC(=O)N1CCC[C@H](c2cncc(Oc3cccnc3)n2)C1. The summed E-state index contributed by atoms with van der Waals surface area (Å²) in [5.74, 6) is 1.21. The van der Waals surface area contributed by atoms with Gasteiger partial charge in [0.2, 0.25) is 17.7 Å². The highest BCUT2D eigenvalue weighted by Crippen LogP contribution is 2.27. The zero-order chi connectivity index (χ0) is 19.3. The summed E-state index contributed by atoms with van der Waals surface area (Å²) in [4.78, 5) is 40.8. The van der Waals surface area contributed by atoms with Gasteiger partial charge in [-0.05, 0) is 31.4 Å². The maximum atomic E-state index is 12.6. The molecule has 0 bridgehead atoms. The molecule has 0 unspecified atom stereocenters. The van der Waals surface area contributed by atoms with Crippen LogP contribution in [-0.2, 0) is 9.59 Å². The van der Waals surface area contributed by atoms with Crippen LogP contribution in [0.2, 0.25) is 0 Å². The standard InChI is InChI=1S/C20H23N5O3/c26-19-6-3-9-25(19)14-20(27)24-8-2-4-15(13-24)17-11-22-12-18(23-17)28-16-5-1-7-21-10-16/h1,5,7,10-12,15H,2-4,6,8-9,13-14H2/t15-/m0/s1. The predicted octanol–water partition coefficient (Wildman–Crippen LogP) is 1.99. The summed E-state index contributed by atoms with van der Waals surface area (Å²) >= 11 is 0. The number of hydrogen-bond donors (Lipinski definition) is 0. The summed E-state index contributed by atoms with van der Waals surface area (Å²) in [5, 5.41) is 0. The summed E-state index contributed by atoms with van der Waals surface area (Å²) in [6.07, 6.45) is 9.84. The summed E-state index contributed by atoms with van der Waals surface area (Å²) in [6.45, 7) is 2.17. The highest BCUT2D eigenvalue weighted by Gasteiger charge is 2.29. The van der Waals surface area contributed by atoms with Crippen molar-refractivity contribution in [2.45, 2.75) is 31.6 Å². The fraction of sp³-hybridized carbons (Fsp3) is 0.450. The molecule has 2 aliphatic rings. The number of carbonyl (C=O) groups is 2. The van der Waals surface area contributed by atoms with E-state index >= 15 is 0 Å². The lowest BCUT2D eigenvalue weighted by Crippen LogP contribution is -2.45. The Morgan fingerprint density at radius 3 is 2.89 bits per heavy atom. The normalized spacial score (nSPS) is 19.7. The molecule has 4 rings (SSSR count). The van der Waals surface area contributed by atoms with E-state index in [1.807, 2.05) is 11.0 Å². The van der Waals surface area contributed by atoms with E-state index in [-0.39, 0.29) is 24.3 Å². The van der Waals surface area contributed by atoms with Crippen LogP contribution >= 0.6 is 0 Å². The molecule has 0 saturated carbocycles. The van der Waals surface area contributed by atoms with Crippen molar-refractivity contribution >= 4 is 11.8 Å². The minimum Gasteiger partial charge on any atom is -0.436 e. The maximum Gasteiger partial charge on any atom is 0.242 e. The number of ether oxygens (including phenoxy) is 1. The third kappa shape index (κ3) is 4.27. The molecule has 0 N–H and O–H groups in total. The van der Waals surface area contributed by atoms with E-state index in [1.54, 1.807) is 35.8 Å². The van der Waals surface area contributed by atoms with Crippen molar-refractivity contribution in [2.75, 3.05) is 26.2 Å². The van der Waals surface area contributed by atoms with Gasteiger partial charge in [-0.15, -0.1) is 0 Å². The average molecular weight is 381 g/mol. The highest BCUT2D eigenvalue weighted by molar-refractivity contribution is 5.86. The van der Waals surface area contributed by atoms with Crippen LogP contribution in [0.4, 0.5) is 0 Å². The summed E-state index contributed by atoms with van der Waals surface area (Å²) in [5.41, 5.74) is 0.816. The molecule has 0 aliphatic carbocycles. The van der Waals surface area contributed by atoms with Crippen molar-refractivity contribution in [1.29, 1.82) is 0 Å². The second-order valence-corrected chi connectivity index (χ2v) is 7.17. The Labute approximate surface area is 163 Å². The van der Waals surface area contributed by atoms with Gasteiger partial charge in [-0.1, -0.05) is 0 Å². The van der Waals surface area contributed by atoms with Gasteiger partial charge in [0.15, 0.2) is 0 Å². The average Bonchev–Trinajstić information content (AvgIpc) is 3.13. The van der Waals surface area contributed by atoms with E-state index in [2.05, 4.69) is 15.0 Å². The second kappa shape index (κ2) is 8.33. The maximum absolute atomic E-state index is 12.6. The zero-order valence-electron chi connectivity index (χ0n) is 15.7. The topological polar surface area (TPSA) is 88.5 Å². The first-order valence-corrected chi connectivity index (χ1v) is 9.64. The molecule has 4 heterocycles. The minimum atomic E-state index is 0.00988. The molecule has 8 heteroatoms. The van der Waals surface area contributed by atoms with Crippen LogP contribution in [0.25, 0.3) is 0 Å². The van der Waals surface area contributed by atoms with Crippen molar-refractivity contribution in [3.63, 3.8) is 0 Å². The zero-order valence-corrected chi connectivity index (χ0v) is 15.7. The molecule has 2 aromatic rings. The lowest BCUT2D eigenvalue weighted by Gasteiger charge is -2.33. The molecule has 1 atom stereocenters. The van der Waals surface area contributed by atoms with Gasteiger partial charge in [-0.25, -0.2) is 4.98 Å². The molecule has 8 nitrogen and oxygen atoms in total. The number of amides is 2. The van der Waals surface area contributed by atoms with E-state index in [1.165, 1.54) is 0 Å². The van der Waals surface area contributed by atoms with Gasteiger partial charge in [-0.3, -0.25) is 19.6 Å². The number of hydrogen-bond acceptors (Lipinski definition) is 6. The van der Waals surface area contributed by atoms with E-state index in [0.29, 0.717) is 31.1 Å². The largest absolute Gasteiger partial charge is 0.436 e. The molecule has 2 saturated heterocycles. The molecular formula is C20H23N5O3. The molecule has 28 heavy (non-hydrogen) atoms. The molecule has 0 aromatic carbocycles. The Hall–Kier alpha value is -3.03. The number of rotatable bonds is 5. The Bertz CT molecular complexity index is 845. The smallest absolute Gasteiger partial charge is 0.242 e. The molecule has 146 valence electrons. The van der Waals surface area contributed by atoms with E-state index < -0.39 is 0 Å². The van der Waals surface area contributed by atoms with Gasteiger partial charge < -0.3 is 14.5 Å². The second-order valence-electron chi connectivity index (χ2n) is 7.17. The van der Waals surface area contributed by atoms with Crippen molar-refractivity contribution in [1.82, 2.24) is 24.8 Å². The first-order valence-electron chi connectivity index (χ1n) is 9.64. The van der Waals surface area contributed by atoms with E-state index in [9.17, 15) is 9.59 Å². The Morgan fingerprint density at radius 1 is 1.18 bits per heavy atom. The molecule has 2 amide bonds. The first-order chi connectivity index (χ1) is 13.7.